The summed E-state index contributed by atoms with van der Waals surface area (Å²) in [6.45, 7) is 23.9. The Morgan fingerprint density at radius 1 is 0.778 bits per heavy atom. The Hall–Kier alpha value is 0.600. The summed E-state index contributed by atoms with van der Waals surface area (Å²) in [5.74, 6) is 0. The molecule has 2 aliphatic heterocycles. The van der Waals surface area contributed by atoms with Crippen molar-refractivity contribution < 1.29 is 0 Å². The van der Waals surface area contributed by atoms with Crippen LogP contribution < -0.4 is 0 Å². The highest BCUT2D eigenvalue weighted by atomic mass is 31.2. The Morgan fingerprint density at radius 2 is 1.00 bits per heavy atom. The first kappa shape index (κ1) is 15.0. The van der Waals surface area contributed by atoms with E-state index in [2.05, 4.69) is 34.3 Å². The summed E-state index contributed by atoms with van der Waals surface area (Å²) in [7, 11) is -2.48. The van der Waals surface area contributed by atoms with E-state index >= 15 is 0 Å². The van der Waals surface area contributed by atoms with Crippen LogP contribution in [-0.2, 0) is 0 Å². The lowest BCUT2D eigenvalue weighted by Gasteiger charge is -2.45. The van der Waals surface area contributed by atoms with Gasteiger partial charge in [0, 0.05) is 22.6 Å². The SMILES string of the molecule is C=C([P+]1([CH2-])[C@H](C)CC[C@H]1C)[P+]1([CH2-])[C@H](C)CC[C@H]1C. The minimum Gasteiger partial charge on any atom is -0.171 e. The fraction of sp³-hybridized carbons (Fsp3) is 0.750. The third-order valence-corrected chi connectivity index (χ3v) is 17.6. The third kappa shape index (κ3) is 1.86. The molecule has 2 saturated heterocycles. The predicted octanol–water partition coefficient (Wildman–Crippen LogP) is 6.22. The number of rotatable bonds is 2. The van der Waals surface area contributed by atoms with Crippen molar-refractivity contribution in [1.82, 2.24) is 0 Å². The molecular weight excluding hydrogens is 254 g/mol. The maximum absolute atomic E-state index is 4.79. The van der Waals surface area contributed by atoms with Crippen LogP contribution in [0.25, 0.3) is 0 Å². The molecule has 2 heterocycles. The zero-order chi connectivity index (χ0) is 13.7. The molecule has 0 aliphatic carbocycles. The summed E-state index contributed by atoms with van der Waals surface area (Å²) in [6.07, 6.45) is 5.45. The molecule has 0 amide bonds. The summed E-state index contributed by atoms with van der Waals surface area (Å²) < 4.78 is 0. The second kappa shape index (κ2) is 4.86. The van der Waals surface area contributed by atoms with Crippen molar-refractivity contribution in [2.75, 3.05) is 0 Å². The summed E-state index contributed by atoms with van der Waals surface area (Å²) in [5.41, 5.74) is 3.16. The lowest BCUT2D eigenvalue weighted by Crippen LogP contribution is -2.16. The van der Waals surface area contributed by atoms with E-state index in [4.69, 9.17) is 13.3 Å². The highest BCUT2D eigenvalue weighted by Gasteiger charge is 2.57. The molecule has 0 aromatic heterocycles. The highest BCUT2D eigenvalue weighted by molar-refractivity contribution is 8.00. The Labute approximate surface area is 116 Å². The van der Waals surface area contributed by atoms with Crippen LogP contribution in [0.1, 0.15) is 53.4 Å². The van der Waals surface area contributed by atoms with Crippen molar-refractivity contribution >= 4 is 14.5 Å². The zero-order valence-corrected chi connectivity index (χ0v) is 14.4. The van der Waals surface area contributed by atoms with Gasteiger partial charge in [-0.15, -0.1) is 0 Å². The Kier molecular flexibility index (Phi) is 4.05. The van der Waals surface area contributed by atoms with E-state index in [9.17, 15) is 0 Å². The van der Waals surface area contributed by atoms with Crippen LogP contribution >= 0.6 is 14.5 Å². The van der Waals surface area contributed by atoms with Gasteiger partial charge in [-0.2, -0.15) is 13.3 Å². The molecule has 0 unspecified atom stereocenters. The monoisotopic (exact) mass is 284 g/mol. The predicted molar refractivity (Wildman–Crippen MR) is 90.0 cm³/mol. The molecule has 0 N–H and O–H groups in total. The fourth-order valence-electron chi connectivity index (χ4n) is 4.12. The number of hydrogen-bond donors (Lipinski definition) is 0. The topological polar surface area (TPSA) is 0 Å². The summed E-state index contributed by atoms with van der Waals surface area (Å²) in [4.78, 5) is 0. The van der Waals surface area contributed by atoms with E-state index in [1.165, 1.54) is 25.7 Å². The van der Waals surface area contributed by atoms with E-state index in [1.807, 2.05) is 0 Å². The van der Waals surface area contributed by atoms with Gasteiger partial charge in [-0.1, -0.05) is 14.5 Å². The Balaban J connectivity index is 2.36. The van der Waals surface area contributed by atoms with Crippen LogP contribution in [0, 0.1) is 13.3 Å². The van der Waals surface area contributed by atoms with Gasteiger partial charge in [-0.05, 0) is 60.0 Å². The first-order valence-corrected chi connectivity index (χ1v) is 11.6. The van der Waals surface area contributed by atoms with Crippen molar-refractivity contribution in [1.29, 1.82) is 0 Å². The van der Waals surface area contributed by atoms with Crippen molar-refractivity contribution in [2.45, 2.75) is 76.0 Å². The molecule has 4 atom stereocenters. The molecule has 2 aliphatic rings. The largest absolute Gasteiger partial charge is 0.171 e. The van der Waals surface area contributed by atoms with Gasteiger partial charge < -0.3 is 0 Å². The van der Waals surface area contributed by atoms with E-state index in [0.29, 0.717) is 0 Å². The smallest absolute Gasteiger partial charge is 0.138 e. The molecule has 0 aromatic carbocycles. The van der Waals surface area contributed by atoms with Gasteiger partial charge in [0.05, 0.1) is 0 Å². The molecule has 0 saturated carbocycles. The molecule has 2 fully saturated rings. The summed E-state index contributed by atoms with van der Waals surface area (Å²) >= 11 is 0. The van der Waals surface area contributed by atoms with E-state index in [1.54, 1.807) is 5.06 Å². The number of hydrogen-bond acceptors (Lipinski definition) is 0. The molecule has 0 bridgehead atoms. The normalized spacial score (nSPS) is 42.1. The Morgan fingerprint density at radius 3 is 1.22 bits per heavy atom. The van der Waals surface area contributed by atoms with Gasteiger partial charge in [-0.25, -0.2) is 0 Å². The first-order valence-electron chi connectivity index (χ1n) is 7.41. The minimum absolute atomic E-state index is 0.790. The average Bonchev–Trinajstić information content (AvgIpc) is 2.75. The minimum atomic E-state index is -1.24. The van der Waals surface area contributed by atoms with Crippen molar-refractivity contribution in [3.05, 3.63) is 25.0 Å². The first-order chi connectivity index (χ1) is 8.25. The second-order valence-electron chi connectivity index (χ2n) is 6.83. The van der Waals surface area contributed by atoms with Crippen LogP contribution in [0.4, 0.5) is 0 Å². The van der Waals surface area contributed by atoms with Crippen LogP contribution in [0.5, 0.6) is 0 Å². The van der Waals surface area contributed by atoms with Gasteiger partial charge in [0.2, 0.25) is 0 Å². The Bertz CT molecular complexity index is 295. The summed E-state index contributed by atoms with van der Waals surface area (Å²) in [5, 5.41) is 1.57. The van der Waals surface area contributed by atoms with Crippen molar-refractivity contribution in [2.24, 2.45) is 0 Å². The van der Waals surface area contributed by atoms with Crippen LogP contribution in [0.3, 0.4) is 0 Å². The van der Waals surface area contributed by atoms with Crippen LogP contribution in [0.15, 0.2) is 11.6 Å². The van der Waals surface area contributed by atoms with Crippen molar-refractivity contribution in [3.8, 4) is 0 Å². The fourth-order valence-corrected chi connectivity index (χ4v) is 15.5. The van der Waals surface area contributed by atoms with Gasteiger partial charge in [0.1, 0.15) is 5.06 Å². The second-order valence-corrected chi connectivity index (χ2v) is 15.5. The van der Waals surface area contributed by atoms with E-state index in [0.717, 1.165) is 22.6 Å². The molecule has 2 rings (SSSR count). The van der Waals surface area contributed by atoms with Gasteiger partial charge in [0.15, 0.2) is 0 Å². The van der Waals surface area contributed by atoms with Crippen LogP contribution in [-0.4, -0.2) is 22.6 Å². The quantitative estimate of drug-likeness (QED) is 0.417. The van der Waals surface area contributed by atoms with E-state index in [-0.39, 0.29) is 0 Å². The van der Waals surface area contributed by atoms with Gasteiger partial charge in [-0.3, -0.25) is 0 Å². The maximum Gasteiger partial charge on any atom is 0.138 e. The molecule has 2 heteroatoms. The molecule has 0 radical (unpaired) electrons. The molecule has 0 aromatic rings. The summed E-state index contributed by atoms with van der Waals surface area (Å²) in [6, 6.07) is 0. The highest BCUT2D eigenvalue weighted by Crippen LogP contribution is 2.92. The molecule has 104 valence electrons. The van der Waals surface area contributed by atoms with Crippen LogP contribution in [0.2, 0.25) is 0 Å². The maximum atomic E-state index is 4.79. The standard InChI is InChI=1S/C16H30P2/c1-12-8-9-13(2)17(12,6)16(5)18(7)14(3)10-11-15(18)4/h12-15H,5-11H2,1-4H3/t12-,13-,14-,15-/m1/s1. The molecule has 0 nitrogen and oxygen atoms in total. The molecule has 0 spiro atoms. The van der Waals surface area contributed by atoms with E-state index < -0.39 is 14.5 Å². The lowest BCUT2D eigenvalue weighted by atomic mass is 10.2. The lowest BCUT2D eigenvalue weighted by molar-refractivity contribution is 0.777. The zero-order valence-electron chi connectivity index (χ0n) is 12.7. The third-order valence-electron chi connectivity index (χ3n) is 6.11. The average molecular weight is 284 g/mol. The van der Waals surface area contributed by atoms with Crippen molar-refractivity contribution in [3.63, 3.8) is 0 Å². The van der Waals surface area contributed by atoms with Gasteiger partial charge in [0.25, 0.3) is 0 Å². The molecule has 18 heavy (non-hydrogen) atoms. The van der Waals surface area contributed by atoms with Gasteiger partial charge >= 0.3 is 0 Å². The molecular formula is C16H30P2.